The summed E-state index contributed by atoms with van der Waals surface area (Å²) in [5.74, 6) is -0.321. The minimum atomic E-state index is -0.841. The number of imide groups is 1. The number of benzene rings is 2. The van der Waals surface area contributed by atoms with E-state index in [0.717, 1.165) is 42.0 Å². The van der Waals surface area contributed by atoms with E-state index >= 15 is 0 Å². The number of hydrogen-bond acceptors (Lipinski definition) is 9. The number of anilines is 2. The fourth-order valence-corrected chi connectivity index (χ4v) is 7.39. The van der Waals surface area contributed by atoms with Gasteiger partial charge >= 0.3 is 6.09 Å². The zero-order valence-electron chi connectivity index (χ0n) is 29.3. The number of nitrogens with one attached hydrogen (secondary N) is 4. The monoisotopic (exact) mass is 709 g/mol. The van der Waals surface area contributed by atoms with Gasteiger partial charge in [-0.3, -0.25) is 29.2 Å². The van der Waals surface area contributed by atoms with E-state index in [4.69, 9.17) is 9.47 Å². The van der Waals surface area contributed by atoms with Crippen molar-refractivity contribution >= 4 is 41.2 Å². The molecule has 2 aromatic carbocycles. The number of aromatic nitrogens is 2. The number of H-pyrrole nitrogens is 1. The molecule has 7 rings (SSSR count). The molecular formula is C38H43N7O7. The molecule has 14 heteroatoms. The first-order valence-corrected chi connectivity index (χ1v) is 17.9. The van der Waals surface area contributed by atoms with E-state index in [9.17, 15) is 24.0 Å². The van der Waals surface area contributed by atoms with Gasteiger partial charge in [-0.1, -0.05) is 6.58 Å². The SMILES string of the molecule is C=C1CCC(N2C(=O)c3ccc(N4CCC(Oc5ccc(C(=O)Nc6cc([C@@H]7CC[C@H](OC(=O)NC(C)C)C7)[nH]n6)cc5)CC4)cc3C2=O)C(=O)N1. The van der Waals surface area contributed by atoms with Crippen molar-refractivity contribution in [3.8, 4) is 5.75 Å². The van der Waals surface area contributed by atoms with Crippen LogP contribution in [0.3, 0.4) is 0 Å². The standard InChI is InChI=1S/C38H43N7O7/c1-21(2)39-38(50)52-28-11-7-24(18-28)31-20-33(43-42-31)41-34(46)23-5-9-26(10-6-23)51-27-14-16-44(17-15-27)25-8-12-29-30(19-25)37(49)45(36(29)48)32-13-4-22(3)40-35(32)47/h5-6,8-10,12,19-21,24,27-28,32H,3-4,7,11,13-18H2,1-2H3,(H,39,50)(H,40,47)(H2,41,42,43,46)/t24-,28+,32?/m1/s1. The number of nitrogens with zero attached hydrogens (tertiary/aromatic N) is 3. The van der Waals surface area contributed by atoms with E-state index in [1.807, 2.05) is 26.0 Å². The van der Waals surface area contributed by atoms with Crippen LogP contribution in [-0.2, 0) is 9.53 Å². The Morgan fingerprint density at radius 3 is 2.40 bits per heavy atom. The first kappa shape index (κ1) is 34.8. The van der Waals surface area contributed by atoms with Crippen molar-refractivity contribution in [2.75, 3.05) is 23.3 Å². The van der Waals surface area contributed by atoms with E-state index in [1.54, 1.807) is 36.4 Å². The summed E-state index contributed by atoms with van der Waals surface area (Å²) in [6.45, 7) is 8.93. The highest BCUT2D eigenvalue weighted by Crippen LogP contribution is 2.36. The lowest BCUT2D eigenvalue weighted by Crippen LogP contribution is -2.51. The fourth-order valence-electron chi connectivity index (χ4n) is 7.39. The van der Waals surface area contributed by atoms with Crippen LogP contribution >= 0.6 is 0 Å². The highest BCUT2D eigenvalue weighted by Gasteiger charge is 2.44. The van der Waals surface area contributed by atoms with E-state index in [0.29, 0.717) is 66.3 Å². The van der Waals surface area contributed by atoms with Crippen molar-refractivity contribution in [3.63, 3.8) is 0 Å². The third-order valence-corrected chi connectivity index (χ3v) is 10.1. The van der Waals surface area contributed by atoms with Gasteiger partial charge in [0.05, 0.1) is 11.1 Å². The third-order valence-electron chi connectivity index (χ3n) is 10.1. The Morgan fingerprint density at radius 1 is 0.923 bits per heavy atom. The molecule has 3 atom stereocenters. The molecule has 52 heavy (non-hydrogen) atoms. The second-order valence-electron chi connectivity index (χ2n) is 14.2. The molecule has 0 bridgehead atoms. The van der Waals surface area contributed by atoms with Crippen LogP contribution in [0.4, 0.5) is 16.3 Å². The molecule has 2 saturated heterocycles. The number of rotatable bonds is 9. The molecule has 5 amide bonds. The topological polar surface area (TPSA) is 175 Å². The zero-order valence-corrected chi connectivity index (χ0v) is 29.3. The molecule has 1 aromatic heterocycles. The number of allylic oxidation sites excluding steroid dienone is 1. The molecule has 3 aromatic rings. The highest BCUT2D eigenvalue weighted by molar-refractivity contribution is 6.23. The van der Waals surface area contributed by atoms with Crippen LogP contribution in [0, 0.1) is 0 Å². The predicted molar refractivity (Wildman–Crippen MR) is 191 cm³/mol. The van der Waals surface area contributed by atoms with Crippen LogP contribution in [0.2, 0.25) is 0 Å². The number of carbonyl (C=O) groups excluding carboxylic acids is 5. The van der Waals surface area contributed by atoms with Crippen molar-refractivity contribution in [1.82, 2.24) is 25.7 Å². The molecule has 4 N–H and O–H groups in total. The number of fused-ring (bicyclic) bond motifs is 1. The largest absolute Gasteiger partial charge is 0.490 e. The Bertz CT molecular complexity index is 1900. The molecule has 0 spiro atoms. The van der Waals surface area contributed by atoms with E-state index in [2.05, 4.69) is 37.6 Å². The summed E-state index contributed by atoms with van der Waals surface area (Å²) in [5.41, 5.74) is 3.42. The van der Waals surface area contributed by atoms with Gasteiger partial charge < -0.3 is 30.3 Å². The van der Waals surface area contributed by atoms with Crippen LogP contribution < -0.4 is 25.6 Å². The quantitative estimate of drug-likeness (QED) is 0.226. The maximum absolute atomic E-state index is 13.3. The predicted octanol–water partition coefficient (Wildman–Crippen LogP) is 4.87. The van der Waals surface area contributed by atoms with Crippen LogP contribution in [0.25, 0.3) is 0 Å². The van der Waals surface area contributed by atoms with Gasteiger partial charge in [-0.05, 0) is 88.4 Å². The normalized spacial score (nSPS) is 22.0. The molecule has 1 aliphatic carbocycles. The highest BCUT2D eigenvalue weighted by atomic mass is 16.6. The molecule has 272 valence electrons. The second kappa shape index (κ2) is 14.5. The van der Waals surface area contributed by atoms with Crippen molar-refractivity contribution in [1.29, 1.82) is 0 Å². The van der Waals surface area contributed by atoms with Gasteiger partial charge in [0.2, 0.25) is 5.91 Å². The minimum absolute atomic E-state index is 0.0142. The van der Waals surface area contributed by atoms with Crippen molar-refractivity contribution in [2.24, 2.45) is 0 Å². The van der Waals surface area contributed by atoms with Crippen LogP contribution in [0.5, 0.6) is 5.75 Å². The molecule has 3 fully saturated rings. The molecule has 3 aliphatic heterocycles. The first-order valence-electron chi connectivity index (χ1n) is 17.9. The number of carbonyl (C=O) groups is 5. The molecule has 4 heterocycles. The smallest absolute Gasteiger partial charge is 0.407 e. The lowest BCUT2D eigenvalue weighted by molar-refractivity contribution is -0.125. The maximum Gasteiger partial charge on any atom is 0.407 e. The Labute approximate surface area is 301 Å². The van der Waals surface area contributed by atoms with Crippen molar-refractivity contribution < 1.29 is 33.4 Å². The lowest BCUT2D eigenvalue weighted by atomic mass is 10.0. The maximum atomic E-state index is 13.3. The molecule has 4 aliphatic rings. The molecule has 0 radical (unpaired) electrons. The summed E-state index contributed by atoms with van der Waals surface area (Å²) in [7, 11) is 0. The van der Waals surface area contributed by atoms with E-state index in [1.165, 1.54) is 0 Å². The fraction of sp³-hybridized carbons (Fsp3) is 0.421. The zero-order chi connectivity index (χ0) is 36.5. The number of ether oxygens (including phenoxy) is 2. The summed E-state index contributed by atoms with van der Waals surface area (Å²) < 4.78 is 11.8. The Hall–Kier alpha value is -5.66. The molecule has 14 nitrogen and oxygen atoms in total. The van der Waals surface area contributed by atoms with Crippen molar-refractivity contribution in [2.45, 2.75) is 89.0 Å². The van der Waals surface area contributed by atoms with Gasteiger partial charge in [-0.25, -0.2) is 4.79 Å². The van der Waals surface area contributed by atoms with Crippen molar-refractivity contribution in [3.05, 3.63) is 83.2 Å². The number of alkyl carbamates (subject to hydrolysis) is 1. The van der Waals surface area contributed by atoms with Gasteiger partial charge in [0.15, 0.2) is 5.82 Å². The van der Waals surface area contributed by atoms with E-state index in [-0.39, 0.29) is 36.0 Å². The summed E-state index contributed by atoms with van der Waals surface area (Å²) >= 11 is 0. The molecule has 1 unspecified atom stereocenters. The lowest BCUT2D eigenvalue weighted by Gasteiger charge is -2.34. The number of aromatic amines is 1. The van der Waals surface area contributed by atoms with E-state index < -0.39 is 23.9 Å². The Balaban J connectivity index is 0.879. The van der Waals surface area contributed by atoms with Crippen LogP contribution in [0.15, 0.2) is 60.8 Å². The number of amides is 5. The van der Waals surface area contributed by atoms with Gasteiger partial charge in [0.25, 0.3) is 17.7 Å². The number of piperidine rings is 2. The number of hydrogen-bond donors (Lipinski definition) is 4. The summed E-state index contributed by atoms with van der Waals surface area (Å²) in [5, 5.41) is 15.5. The summed E-state index contributed by atoms with van der Waals surface area (Å²) in [6, 6.07) is 13.3. The summed E-state index contributed by atoms with van der Waals surface area (Å²) in [6.07, 6.45) is 4.08. The average molecular weight is 710 g/mol. The Kier molecular flexibility index (Phi) is 9.71. The van der Waals surface area contributed by atoms with Gasteiger partial charge in [-0.2, -0.15) is 5.10 Å². The first-order chi connectivity index (χ1) is 25.0. The average Bonchev–Trinajstić information content (AvgIpc) is 3.84. The molecule has 1 saturated carbocycles. The second-order valence-corrected chi connectivity index (χ2v) is 14.2. The van der Waals surface area contributed by atoms with Gasteiger partial charge in [-0.15, -0.1) is 0 Å². The van der Waals surface area contributed by atoms with Crippen LogP contribution in [0.1, 0.15) is 101 Å². The van der Waals surface area contributed by atoms with Crippen LogP contribution in [-0.4, -0.2) is 82.2 Å². The summed E-state index contributed by atoms with van der Waals surface area (Å²) in [4.78, 5) is 67.1. The third kappa shape index (κ3) is 7.37. The van der Waals surface area contributed by atoms with Gasteiger partial charge in [0.1, 0.15) is 24.0 Å². The molecular weight excluding hydrogens is 666 g/mol. The Morgan fingerprint density at radius 2 is 1.67 bits per heavy atom. The minimum Gasteiger partial charge on any atom is -0.490 e. The van der Waals surface area contributed by atoms with Gasteiger partial charge in [0, 0.05) is 66.6 Å².